The van der Waals surface area contributed by atoms with Crippen molar-refractivity contribution in [2.24, 2.45) is 5.92 Å². The van der Waals surface area contributed by atoms with Crippen molar-refractivity contribution < 1.29 is 28.6 Å². The number of piperazine rings is 1. The van der Waals surface area contributed by atoms with E-state index in [2.05, 4.69) is 20.6 Å². The van der Waals surface area contributed by atoms with E-state index in [4.69, 9.17) is 16.3 Å². The molecular formula is C31H31ClFN7O5. The number of nitrogens with one attached hydrogen (secondary N) is 2. The van der Waals surface area contributed by atoms with Crippen LogP contribution in [0.4, 0.5) is 15.9 Å². The first-order valence-electron chi connectivity index (χ1n) is 14.5. The zero-order chi connectivity index (χ0) is 31.7. The first-order chi connectivity index (χ1) is 21.7. The molecule has 0 spiro atoms. The second kappa shape index (κ2) is 12.7. The largest absolute Gasteiger partial charge is 0.494 e. The van der Waals surface area contributed by atoms with Gasteiger partial charge in [-0.2, -0.15) is 0 Å². The molecule has 2 aromatic heterocycles. The Labute approximate surface area is 262 Å². The number of ether oxygens (including phenoxy) is 1. The lowest BCUT2D eigenvalue weighted by Gasteiger charge is -2.37. The van der Waals surface area contributed by atoms with Crippen LogP contribution in [0, 0.1) is 11.7 Å². The lowest BCUT2D eigenvalue weighted by molar-refractivity contribution is -0.144. The molecule has 12 nitrogen and oxygen atoms in total. The van der Waals surface area contributed by atoms with Crippen LogP contribution in [0.15, 0.2) is 55.0 Å². The number of benzene rings is 2. The molecule has 45 heavy (non-hydrogen) atoms. The van der Waals surface area contributed by atoms with Crippen LogP contribution in [0.1, 0.15) is 23.2 Å². The number of nitrogens with zero attached hydrogens (tertiary/aromatic N) is 5. The highest BCUT2D eigenvalue weighted by Crippen LogP contribution is 2.30. The highest BCUT2D eigenvalue weighted by Gasteiger charge is 2.34. The molecule has 6 rings (SSSR count). The van der Waals surface area contributed by atoms with Gasteiger partial charge in [-0.05, 0) is 49.2 Å². The normalized spacial score (nSPS) is 17.4. The van der Waals surface area contributed by atoms with Gasteiger partial charge in [0, 0.05) is 62.3 Å². The minimum atomic E-state index is -0.975. The standard InChI is InChI=1S/C31H31ClFN7O5/c1-45-26-5-2-19(14-23(26)33)25-16-36-28-27(35-9-13-40(25)28)37-20-3-4-21(22(32)15-20)30(42)38-10-6-18(7-11-38)29(41)39-12-8-34-24(17-39)31(43)44/h2-5,9,13-16,18,24,34H,6-8,10-12,17H2,1H3,(H,35,37)(H,43,44). The highest BCUT2D eigenvalue weighted by molar-refractivity contribution is 6.34. The average Bonchev–Trinajstić information content (AvgIpc) is 3.49. The van der Waals surface area contributed by atoms with E-state index in [-0.39, 0.29) is 35.0 Å². The SMILES string of the molecule is COc1ccc(-c2cnc3c(Nc4ccc(C(=O)N5CCC(C(=O)N6CCNC(C(=O)O)C6)CC5)c(Cl)c4)nccn23)cc1F. The number of likely N-dealkylation sites (tertiary alicyclic amines) is 1. The Morgan fingerprint density at radius 3 is 2.60 bits per heavy atom. The number of anilines is 2. The zero-order valence-electron chi connectivity index (χ0n) is 24.4. The number of amides is 2. The first-order valence-corrected chi connectivity index (χ1v) is 14.9. The van der Waals surface area contributed by atoms with Crippen LogP contribution in [0.25, 0.3) is 16.9 Å². The molecular weight excluding hydrogens is 605 g/mol. The van der Waals surface area contributed by atoms with E-state index < -0.39 is 17.8 Å². The molecule has 4 heterocycles. The molecule has 1 atom stereocenters. The molecule has 234 valence electrons. The number of carboxylic acids is 1. The van der Waals surface area contributed by atoms with Gasteiger partial charge in [-0.15, -0.1) is 0 Å². The molecule has 2 aromatic carbocycles. The van der Waals surface area contributed by atoms with Crippen LogP contribution in [0.5, 0.6) is 5.75 Å². The van der Waals surface area contributed by atoms with Crippen molar-refractivity contribution in [2.45, 2.75) is 18.9 Å². The summed E-state index contributed by atoms with van der Waals surface area (Å²) in [6, 6.07) is 8.94. The van der Waals surface area contributed by atoms with Gasteiger partial charge >= 0.3 is 5.97 Å². The molecule has 2 aliphatic heterocycles. The van der Waals surface area contributed by atoms with Crippen molar-refractivity contribution in [3.63, 3.8) is 0 Å². The first kappa shape index (κ1) is 30.3. The maximum absolute atomic E-state index is 14.4. The van der Waals surface area contributed by atoms with Gasteiger partial charge in [0.25, 0.3) is 5.91 Å². The number of halogens is 2. The summed E-state index contributed by atoms with van der Waals surface area (Å²) < 4.78 is 21.2. The van der Waals surface area contributed by atoms with Crippen LogP contribution < -0.4 is 15.4 Å². The van der Waals surface area contributed by atoms with Crippen molar-refractivity contribution in [2.75, 3.05) is 45.2 Å². The molecule has 3 N–H and O–H groups in total. The number of methoxy groups -OCH3 is 1. The topological polar surface area (TPSA) is 141 Å². The maximum atomic E-state index is 14.4. The summed E-state index contributed by atoms with van der Waals surface area (Å²) in [5.74, 6) is -1.41. The molecule has 2 fully saturated rings. The number of rotatable bonds is 7. The molecule has 1 unspecified atom stereocenters. The molecule has 0 saturated carbocycles. The Morgan fingerprint density at radius 2 is 1.89 bits per heavy atom. The molecule has 2 amide bonds. The number of piperidine rings is 1. The molecule has 0 bridgehead atoms. The number of fused-ring (bicyclic) bond motifs is 1. The minimum absolute atomic E-state index is 0.0623. The second-order valence-corrected chi connectivity index (χ2v) is 11.4. The van der Waals surface area contributed by atoms with Crippen LogP contribution in [-0.2, 0) is 9.59 Å². The quantitative estimate of drug-likeness (QED) is 0.277. The van der Waals surface area contributed by atoms with Crippen molar-refractivity contribution in [3.8, 4) is 17.0 Å². The summed E-state index contributed by atoms with van der Waals surface area (Å²) in [6.07, 6.45) is 5.95. The van der Waals surface area contributed by atoms with Gasteiger partial charge in [0.15, 0.2) is 23.0 Å². The molecule has 2 saturated heterocycles. The van der Waals surface area contributed by atoms with Crippen LogP contribution in [-0.4, -0.2) is 92.9 Å². The van der Waals surface area contributed by atoms with Gasteiger partial charge in [-0.3, -0.25) is 18.8 Å². The van der Waals surface area contributed by atoms with E-state index in [9.17, 15) is 23.9 Å². The third-order valence-electron chi connectivity index (χ3n) is 8.25. The highest BCUT2D eigenvalue weighted by atomic mass is 35.5. The lowest BCUT2D eigenvalue weighted by atomic mass is 9.94. The number of carboxylic acid groups (broad SMARTS) is 1. The van der Waals surface area contributed by atoms with Gasteiger partial charge in [0.2, 0.25) is 5.91 Å². The maximum Gasteiger partial charge on any atom is 0.322 e. The van der Waals surface area contributed by atoms with E-state index >= 15 is 0 Å². The molecule has 2 aliphatic rings. The number of hydrogen-bond donors (Lipinski definition) is 3. The fourth-order valence-electron chi connectivity index (χ4n) is 5.82. The van der Waals surface area contributed by atoms with E-state index in [1.165, 1.54) is 13.2 Å². The smallest absolute Gasteiger partial charge is 0.322 e. The van der Waals surface area contributed by atoms with Crippen LogP contribution >= 0.6 is 11.6 Å². The van der Waals surface area contributed by atoms with Crippen molar-refractivity contribution >= 4 is 46.5 Å². The third kappa shape index (κ3) is 6.13. The van der Waals surface area contributed by atoms with E-state index in [1.807, 2.05) is 0 Å². The minimum Gasteiger partial charge on any atom is -0.494 e. The number of carbonyl (C=O) groups excluding carboxylic acids is 2. The van der Waals surface area contributed by atoms with Crippen LogP contribution in [0.2, 0.25) is 5.02 Å². The predicted octanol–water partition coefficient (Wildman–Crippen LogP) is 3.68. The zero-order valence-corrected chi connectivity index (χ0v) is 25.1. The number of carbonyl (C=O) groups is 3. The number of imidazole rings is 1. The summed E-state index contributed by atoms with van der Waals surface area (Å²) in [7, 11) is 1.41. The Kier molecular flexibility index (Phi) is 8.55. The number of aliphatic carboxylic acids is 1. The van der Waals surface area contributed by atoms with E-state index in [0.29, 0.717) is 73.0 Å². The summed E-state index contributed by atoms with van der Waals surface area (Å²) in [6.45, 7) is 1.82. The van der Waals surface area contributed by atoms with Gasteiger partial charge in [0.05, 0.1) is 29.6 Å². The monoisotopic (exact) mass is 635 g/mol. The second-order valence-electron chi connectivity index (χ2n) is 11.0. The van der Waals surface area contributed by atoms with Crippen molar-refractivity contribution in [1.82, 2.24) is 29.5 Å². The van der Waals surface area contributed by atoms with E-state index in [0.717, 1.165) is 0 Å². The van der Waals surface area contributed by atoms with Crippen molar-refractivity contribution in [3.05, 3.63) is 71.4 Å². The predicted molar refractivity (Wildman–Crippen MR) is 164 cm³/mol. The summed E-state index contributed by atoms with van der Waals surface area (Å²) in [5.41, 5.74) is 2.73. The number of hydrogen-bond acceptors (Lipinski definition) is 8. The van der Waals surface area contributed by atoms with Crippen LogP contribution in [0.3, 0.4) is 0 Å². The van der Waals surface area contributed by atoms with Gasteiger partial charge in [-0.25, -0.2) is 14.4 Å². The summed E-state index contributed by atoms with van der Waals surface area (Å²) in [4.78, 5) is 49.9. The molecule has 4 aromatic rings. The Hall–Kier alpha value is -4.75. The van der Waals surface area contributed by atoms with Gasteiger partial charge < -0.3 is 30.3 Å². The molecule has 14 heteroatoms. The average molecular weight is 636 g/mol. The third-order valence-corrected chi connectivity index (χ3v) is 8.57. The Bertz CT molecular complexity index is 1770. The summed E-state index contributed by atoms with van der Waals surface area (Å²) in [5, 5.41) is 15.7. The Balaban J connectivity index is 1.11. The fourth-order valence-corrected chi connectivity index (χ4v) is 6.08. The lowest BCUT2D eigenvalue weighted by Crippen LogP contribution is -2.57. The fraction of sp³-hybridized carbons (Fsp3) is 0.323. The van der Waals surface area contributed by atoms with E-state index in [1.54, 1.807) is 63.1 Å². The van der Waals surface area contributed by atoms with Gasteiger partial charge in [-0.1, -0.05) is 11.6 Å². The van der Waals surface area contributed by atoms with Crippen molar-refractivity contribution in [1.29, 1.82) is 0 Å². The molecule has 0 radical (unpaired) electrons. The number of aromatic nitrogens is 3. The molecule has 0 aliphatic carbocycles. The van der Waals surface area contributed by atoms with Gasteiger partial charge in [0.1, 0.15) is 6.04 Å². The Morgan fingerprint density at radius 1 is 1.09 bits per heavy atom. The summed E-state index contributed by atoms with van der Waals surface area (Å²) >= 11 is 6.58.